The second-order valence-electron chi connectivity index (χ2n) is 5.30. The van der Waals surface area contributed by atoms with Gasteiger partial charge in [0.2, 0.25) is 0 Å². The maximum absolute atomic E-state index is 5.35. The molecule has 2 aliphatic heterocycles. The maximum Gasteiger partial charge on any atom is 0.160 e. The third kappa shape index (κ3) is 6.08. The van der Waals surface area contributed by atoms with Crippen molar-refractivity contribution in [1.29, 1.82) is 0 Å². The molecule has 0 aliphatic carbocycles. The smallest absolute Gasteiger partial charge is 0.160 e. The largest absolute Gasteiger partial charge is 0.397 e. The third-order valence-electron chi connectivity index (χ3n) is 3.43. The van der Waals surface area contributed by atoms with Crippen molar-refractivity contribution in [3.05, 3.63) is 67.3 Å². The van der Waals surface area contributed by atoms with Gasteiger partial charge in [-0.3, -0.25) is 4.98 Å². The van der Waals surface area contributed by atoms with Crippen molar-refractivity contribution >= 4 is 11.4 Å². The number of hydrogen-bond donors (Lipinski definition) is 2. The van der Waals surface area contributed by atoms with Crippen molar-refractivity contribution in [1.82, 2.24) is 19.5 Å². The minimum atomic E-state index is 0. The van der Waals surface area contributed by atoms with Gasteiger partial charge in [-0.2, -0.15) is 0 Å². The Morgan fingerprint density at radius 2 is 1.54 bits per heavy atom. The minimum Gasteiger partial charge on any atom is -0.397 e. The van der Waals surface area contributed by atoms with Gasteiger partial charge in [-0.25, -0.2) is 9.97 Å². The summed E-state index contributed by atoms with van der Waals surface area (Å²) in [7, 11) is 1.98. The van der Waals surface area contributed by atoms with Crippen LogP contribution in [-0.2, 0) is 7.05 Å². The Hall–Kier alpha value is -0.891. The number of imidazole rings is 1. The van der Waals surface area contributed by atoms with Crippen molar-refractivity contribution in [3.8, 4) is 22.8 Å². The summed E-state index contributed by atoms with van der Waals surface area (Å²) < 4.78 is 1.98. The van der Waals surface area contributed by atoms with E-state index in [1.807, 2.05) is 60.4 Å². The molecule has 2 aromatic rings. The van der Waals surface area contributed by atoms with Gasteiger partial charge in [0.15, 0.2) is 5.82 Å². The molecule has 0 saturated heterocycles. The zero-order chi connectivity index (χ0) is 16.9. The average molecular weight is 398 g/mol. The van der Waals surface area contributed by atoms with Gasteiger partial charge in [0.05, 0.1) is 23.3 Å². The Labute approximate surface area is 212 Å². The second kappa shape index (κ2) is 11.1. The molecule has 0 spiro atoms. The van der Waals surface area contributed by atoms with Crippen LogP contribution in [-0.4, -0.2) is 19.5 Å². The molecule has 0 radical (unpaired) electrons. The van der Waals surface area contributed by atoms with E-state index in [1.54, 1.807) is 12.3 Å². The normalized spacial score (nSPS) is 9.42. The first-order valence-corrected chi connectivity index (χ1v) is 7.43. The molecule has 8 heteroatoms. The van der Waals surface area contributed by atoms with Crippen LogP contribution in [0, 0.1) is 75.5 Å². The number of hydrogen-bond acceptors (Lipinski definition) is 5. The summed E-state index contributed by atoms with van der Waals surface area (Å²) >= 11 is 0. The molecular weight excluding hydrogens is 380 g/mol. The summed E-state index contributed by atoms with van der Waals surface area (Å²) in [6.45, 7) is 0. The summed E-state index contributed by atoms with van der Waals surface area (Å²) in [5.41, 5.74) is 14.7. The van der Waals surface area contributed by atoms with E-state index in [0.29, 0.717) is 11.4 Å². The number of rotatable bonds is 1. The first kappa shape index (κ1) is 23.1. The molecule has 2 aliphatic rings. The fraction of sp³-hybridized carbons (Fsp3) is 0.0556. The number of pyridine rings is 2. The van der Waals surface area contributed by atoms with E-state index in [1.165, 1.54) is 6.20 Å². The number of fused-ring (bicyclic) bond motifs is 1. The van der Waals surface area contributed by atoms with Crippen LogP contribution in [0.3, 0.4) is 0 Å². The first-order chi connectivity index (χ1) is 11.6. The van der Waals surface area contributed by atoms with Gasteiger partial charge < -0.3 is 16.0 Å². The molecule has 4 rings (SSSR count). The summed E-state index contributed by atoms with van der Waals surface area (Å²) in [6, 6.07) is 13.7. The molecule has 1 aromatic carbocycles. The molecule has 4 N–H and O–H groups in total. The van der Waals surface area contributed by atoms with Gasteiger partial charge in [0.25, 0.3) is 0 Å². The Kier molecular flexibility index (Phi) is 9.85. The van der Waals surface area contributed by atoms with Gasteiger partial charge in [0.1, 0.15) is 5.69 Å². The van der Waals surface area contributed by atoms with Crippen molar-refractivity contribution in [2.75, 3.05) is 11.5 Å². The molecule has 0 fully saturated rings. The molecular formula is C18H18Ar2N6. The van der Waals surface area contributed by atoms with Gasteiger partial charge in [-0.1, -0.05) is 30.3 Å². The fourth-order valence-corrected chi connectivity index (χ4v) is 2.14. The van der Waals surface area contributed by atoms with Crippen LogP contribution in [0.15, 0.2) is 67.3 Å². The van der Waals surface area contributed by atoms with E-state index in [4.69, 9.17) is 11.5 Å². The molecule has 1 aromatic heterocycles. The Bertz CT molecular complexity index is 890. The van der Waals surface area contributed by atoms with Crippen LogP contribution < -0.4 is 11.5 Å². The minimum absolute atomic E-state index is 0. The van der Waals surface area contributed by atoms with Gasteiger partial charge in [-0.05, 0) is 12.1 Å². The number of aromatic nitrogens is 4. The molecule has 0 saturated carbocycles. The Balaban J connectivity index is 0.000000292. The SMILES string of the molecule is Cn1ccc2nc(-c3ccccc3)nc-2c1.Nc1ccncc1N.[Ar].[Ar]. The summed E-state index contributed by atoms with van der Waals surface area (Å²) in [5.74, 6) is 0.793. The molecule has 26 heavy (non-hydrogen) atoms. The van der Waals surface area contributed by atoms with E-state index in [9.17, 15) is 0 Å². The van der Waals surface area contributed by atoms with E-state index in [-0.39, 0.29) is 75.5 Å². The molecule has 0 bridgehead atoms. The van der Waals surface area contributed by atoms with Crippen LogP contribution in [0.1, 0.15) is 0 Å². The molecule has 0 atom stereocenters. The zero-order valence-corrected chi connectivity index (χ0v) is 15.4. The van der Waals surface area contributed by atoms with Crippen molar-refractivity contribution < 1.29 is 75.5 Å². The van der Waals surface area contributed by atoms with E-state index in [0.717, 1.165) is 22.8 Å². The van der Waals surface area contributed by atoms with Gasteiger partial charge in [-0.15, -0.1) is 0 Å². The van der Waals surface area contributed by atoms with Crippen LogP contribution in [0.2, 0.25) is 0 Å². The third-order valence-corrected chi connectivity index (χ3v) is 3.43. The van der Waals surface area contributed by atoms with Crippen molar-refractivity contribution in [2.24, 2.45) is 7.05 Å². The van der Waals surface area contributed by atoms with Crippen LogP contribution >= 0.6 is 0 Å². The number of benzene rings is 1. The summed E-state index contributed by atoms with van der Waals surface area (Å²) in [4.78, 5) is 12.8. The van der Waals surface area contributed by atoms with Gasteiger partial charge in [0, 0.05) is 107 Å². The number of nitrogen functional groups attached to an aromatic ring is 2. The number of anilines is 2. The first-order valence-electron chi connectivity index (χ1n) is 7.43. The zero-order valence-electron chi connectivity index (χ0n) is 14.0. The fourth-order valence-electron chi connectivity index (χ4n) is 2.14. The number of nitrogens with two attached hydrogens (primary N) is 2. The number of nitrogens with zero attached hydrogens (tertiary/aromatic N) is 4. The van der Waals surface area contributed by atoms with Crippen LogP contribution in [0.5, 0.6) is 0 Å². The molecule has 3 heterocycles. The Morgan fingerprint density at radius 1 is 0.846 bits per heavy atom. The van der Waals surface area contributed by atoms with Crippen molar-refractivity contribution in [2.45, 2.75) is 0 Å². The summed E-state index contributed by atoms with van der Waals surface area (Å²) in [6.07, 6.45) is 7.08. The quantitative estimate of drug-likeness (QED) is 0.514. The van der Waals surface area contributed by atoms with Crippen LogP contribution in [0.4, 0.5) is 11.4 Å². The van der Waals surface area contributed by atoms with Crippen LogP contribution in [0.25, 0.3) is 22.8 Å². The summed E-state index contributed by atoms with van der Waals surface area (Å²) in [5, 5.41) is 0. The standard InChI is InChI=1S/C13H11N3.C5H7N3.2Ar/c1-16-8-7-11-12(9-16)15-13(14-11)10-5-3-2-4-6-10;6-4-1-2-8-3-5(4)7;;/h2-9H,1H3;1-3H,7H2,(H2,6,8);;. The van der Waals surface area contributed by atoms with Gasteiger partial charge >= 0.3 is 0 Å². The maximum atomic E-state index is 5.35. The predicted molar refractivity (Wildman–Crippen MR) is 96.1 cm³/mol. The molecule has 6 nitrogen and oxygen atoms in total. The molecule has 136 valence electrons. The number of aryl methyl sites for hydroxylation is 1. The Morgan fingerprint density at radius 3 is 2.15 bits per heavy atom. The van der Waals surface area contributed by atoms with Crippen molar-refractivity contribution in [3.63, 3.8) is 0 Å². The predicted octanol–water partition coefficient (Wildman–Crippen LogP) is 2.83. The van der Waals surface area contributed by atoms with E-state index < -0.39 is 0 Å². The van der Waals surface area contributed by atoms with E-state index in [2.05, 4.69) is 15.0 Å². The molecule has 0 amide bonds. The second-order valence-corrected chi connectivity index (χ2v) is 5.30. The average Bonchev–Trinajstić information content (AvgIpc) is 3.02. The molecule has 0 unspecified atom stereocenters. The topological polar surface area (TPSA) is 95.6 Å². The van der Waals surface area contributed by atoms with E-state index >= 15 is 0 Å². The monoisotopic (exact) mass is 398 g/mol.